The van der Waals surface area contributed by atoms with E-state index in [1.54, 1.807) is 67.0 Å². The fraction of sp³-hybridized carbons (Fsp3) is 0. The van der Waals surface area contributed by atoms with Crippen LogP contribution in [0.15, 0.2) is 73.1 Å². The van der Waals surface area contributed by atoms with E-state index in [0.717, 1.165) is 5.69 Å². The third kappa shape index (κ3) is 2.96. The van der Waals surface area contributed by atoms with Crippen molar-refractivity contribution in [2.24, 2.45) is 0 Å². The van der Waals surface area contributed by atoms with Gasteiger partial charge in [-0.3, -0.25) is 9.78 Å². The van der Waals surface area contributed by atoms with E-state index in [1.807, 2.05) is 6.07 Å². The first-order valence-corrected chi connectivity index (χ1v) is 6.84. The number of nitrogens with zero attached hydrogens (tertiary/aromatic N) is 1. The van der Waals surface area contributed by atoms with Crippen molar-refractivity contribution < 1.29 is 9.90 Å². The summed E-state index contributed by atoms with van der Waals surface area (Å²) in [5.74, 6) is 0.135. The summed E-state index contributed by atoms with van der Waals surface area (Å²) in [5, 5.41) is 12.8. The van der Waals surface area contributed by atoms with Crippen molar-refractivity contribution >= 4 is 17.2 Å². The molecule has 108 valence electrons. The van der Waals surface area contributed by atoms with Crippen molar-refractivity contribution in [2.75, 3.05) is 5.32 Å². The molecule has 0 amide bonds. The van der Waals surface area contributed by atoms with E-state index in [2.05, 4.69) is 10.3 Å². The Kier molecular flexibility index (Phi) is 3.83. The maximum atomic E-state index is 12.3. The number of nitrogens with one attached hydrogen (secondary N) is 1. The number of benzene rings is 2. The molecule has 0 fully saturated rings. The molecule has 0 saturated carbocycles. The van der Waals surface area contributed by atoms with Crippen molar-refractivity contribution in [3.63, 3.8) is 0 Å². The zero-order valence-corrected chi connectivity index (χ0v) is 11.7. The normalized spacial score (nSPS) is 10.2. The van der Waals surface area contributed by atoms with Crippen molar-refractivity contribution in [1.29, 1.82) is 0 Å². The molecule has 0 aliphatic rings. The van der Waals surface area contributed by atoms with Crippen LogP contribution in [0.25, 0.3) is 0 Å². The quantitative estimate of drug-likeness (QED) is 0.567. The fourth-order valence-electron chi connectivity index (χ4n) is 2.11. The third-order valence-electron chi connectivity index (χ3n) is 3.27. The number of carbonyl (C=O) groups excluding carboxylic acids is 1. The van der Waals surface area contributed by atoms with Crippen LogP contribution in [0.5, 0.6) is 5.75 Å². The van der Waals surface area contributed by atoms with Crippen molar-refractivity contribution in [1.82, 2.24) is 4.98 Å². The molecule has 0 aliphatic heterocycles. The second kappa shape index (κ2) is 6.10. The van der Waals surface area contributed by atoms with Crippen LogP contribution in [0.1, 0.15) is 15.9 Å². The number of para-hydroxylation sites is 2. The van der Waals surface area contributed by atoms with Crippen LogP contribution in [0, 0.1) is 0 Å². The molecule has 2 N–H and O–H groups in total. The standard InChI is InChI=1S/C18H14N2O2/c21-17-4-2-1-3-16(17)20-15-7-5-13(6-8-15)18(22)14-9-11-19-12-10-14/h1-12,20-21H. The first-order chi connectivity index (χ1) is 10.7. The van der Waals surface area contributed by atoms with Gasteiger partial charge in [0.25, 0.3) is 0 Å². The lowest BCUT2D eigenvalue weighted by Gasteiger charge is -2.09. The predicted octanol–water partition coefficient (Wildman–Crippen LogP) is 3.76. The van der Waals surface area contributed by atoms with Crippen LogP contribution >= 0.6 is 0 Å². The smallest absolute Gasteiger partial charge is 0.193 e. The molecule has 22 heavy (non-hydrogen) atoms. The van der Waals surface area contributed by atoms with Crippen LogP contribution in [0.2, 0.25) is 0 Å². The molecule has 3 rings (SSSR count). The molecule has 0 saturated heterocycles. The summed E-state index contributed by atoms with van der Waals surface area (Å²) in [6.45, 7) is 0. The van der Waals surface area contributed by atoms with E-state index in [1.165, 1.54) is 0 Å². The highest BCUT2D eigenvalue weighted by Gasteiger charge is 2.08. The number of rotatable bonds is 4. The van der Waals surface area contributed by atoms with Gasteiger partial charge in [0.1, 0.15) is 5.75 Å². The molecule has 4 nitrogen and oxygen atoms in total. The lowest BCUT2D eigenvalue weighted by atomic mass is 10.0. The number of hydrogen-bond donors (Lipinski definition) is 2. The van der Waals surface area contributed by atoms with E-state index in [0.29, 0.717) is 16.8 Å². The van der Waals surface area contributed by atoms with Gasteiger partial charge in [0.05, 0.1) is 5.69 Å². The van der Waals surface area contributed by atoms with Crippen LogP contribution in [-0.4, -0.2) is 15.9 Å². The molecular weight excluding hydrogens is 276 g/mol. The lowest BCUT2D eigenvalue weighted by molar-refractivity contribution is 0.103. The van der Waals surface area contributed by atoms with Crippen LogP contribution in [-0.2, 0) is 0 Å². The first-order valence-electron chi connectivity index (χ1n) is 6.84. The van der Waals surface area contributed by atoms with E-state index < -0.39 is 0 Å². The van der Waals surface area contributed by atoms with Crippen LogP contribution in [0.4, 0.5) is 11.4 Å². The van der Waals surface area contributed by atoms with Crippen molar-refractivity contribution in [3.8, 4) is 5.75 Å². The summed E-state index contributed by atoms with van der Waals surface area (Å²) < 4.78 is 0. The Balaban J connectivity index is 1.79. The molecule has 0 radical (unpaired) electrons. The zero-order chi connectivity index (χ0) is 15.4. The highest BCUT2D eigenvalue weighted by molar-refractivity contribution is 6.09. The average Bonchev–Trinajstić information content (AvgIpc) is 2.58. The summed E-state index contributed by atoms with van der Waals surface area (Å²) in [6.07, 6.45) is 3.20. The SMILES string of the molecule is O=C(c1ccncc1)c1ccc(Nc2ccccc2O)cc1. The van der Waals surface area contributed by atoms with Gasteiger partial charge in [0.2, 0.25) is 0 Å². The molecule has 0 bridgehead atoms. The molecule has 1 aromatic heterocycles. The molecule has 4 heteroatoms. The molecule has 3 aromatic rings. The molecule has 0 spiro atoms. The van der Waals surface area contributed by atoms with Crippen LogP contribution < -0.4 is 5.32 Å². The number of hydrogen-bond acceptors (Lipinski definition) is 4. The van der Waals surface area contributed by atoms with E-state index in [-0.39, 0.29) is 11.5 Å². The Hall–Kier alpha value is -3.14. The number of aromatic hydroxyl groups is 1. The minimum atomic E-state index is -0.0449. The summed E-state index contributed by atoms with van der Waals surface area (Å²) in [6, 6.07) is 17.5. The largest absolute Gasteiger partial charge is 0.506 e. The second-order valence-electron chi connectivity index (χ2n) is 4.78. The lowest BCUT2D eigenvalue weighted by Crippen LogP contribution is -2.01. The van der Waals surface area contributed by atoms with Gasteiger partial charge in [0.15, 0.2) is 5.78 Å². The minimum absolute atomic E-state index is 0.0449. The Morgan fingerprint density at radius 3 is 2.18 bits per heavy atom. The number of phenolic OH excluding ortho intramolecular Hbond substituents is 1. The number of aromatic nitrogens is 1. The number of ketones is 1. The number of carbonyl (C=O) groups is 1. The van der Waals surface area contributed by atoms with E-state index >= 15 is 0 Å². The Morgan fingerprint density at radius 2 is 1.50 bits per heavy atom. The molecular formula is C18H14N2O2. The van der Waals surface area contributed by atoms with E-state index in [4.69, 9.17) is 0 Å². The van der Waals surface area contributed by atoms with Gasteiger partial charge < -0.3 is 10.4 Å². The summed E-state index contributed by atoms with van der Waals surface area (Å²) in [4.78, 5) is 16.2. The van der Waals surface area contributed by atoms with Gasteiger partial charge in [-0.25, -0.2) is 0 Å². The average molecular weight is 290 g/mol. The van der Waals surface area contributed by atoms with E-state index in [9.17, 15) is 9.90 Å². The molecule has 0 aliphatic carbocycles. The number of pyridine rings is 1. The maximum absolute atomic E-state index is 12.3. The summed E-state index contributed by atoms with van der Waals surface area (Å²) in [7, 11) is 0. The van der Waals surface area contributed by atoms with Gasteiger partial charge >= 0.3 is 0 Å². The molecule has 0 atom stereocenters. The predicted molar refractivity (Wildman–Crippen MR) is 85.5 cm³/mol. The Labute approximate surface area is 128 Å². The maximum Gasteiger partial charge on any atom is 0.193 e. The topological polar surface area (TPSA) is 62.2 Å². The third-order valence-corrected chi connectivity index (χ3v) is 3.27. The van der Waals surface area contributed by atoms with Crippen molar-refractivity contribution in [2.45, 2.75) is 0 Å². The second-order valence-corrected chi connectivity index (χ2v) is 4.78. The van der Waals surface area contributed by atoms with Gasteiger partial charge in [-0.1, -0.05) is 12.1 Å². The van der Waals surface area contributed by atoms with Gasteiger partial charge in [-0.05, 0) is 48.5 Å². The zero-order valence-electron chi connectivity index (χ0n) is 11.7. The molecule has 0 unspecified atom stereocenters. The Morgan fingerprint density at radius 1 is 0.864 bits per heavy atom. The van der Waals surface area contributed by atoms with Gasteiger partial charge in [-0.2, -0.15) is 0 Å². The number of phenols is 1. The van der Waals surface area contributed by atoms with Crippen molar-refractivity contribution in [3.05, 3.63) is 84.2 Å². The summed E-state index contributed by atoms with van der Waals surface area (Å²) >= 11 is 0. The van der Waals surface area contributed by atoms with Gasteiger partial charge in [-0.15, -0.1) is 0 Å². The summed E-state index contributed by atoms with van der Waals surface area (Å²) in [5.41, 5.74) is 2.63. The monoisotopic (exact) mass is 290 g/mol. The van der Waals surface area contributed by atoms with Crippen LogP contribution in [0.3, 0.4) is 0 Å². The number of anilines is 2. The van der Waals surface area contributed by atoms with Gasteiger partial charge in [0, 0.05) is 29.2 Å². The molecule has 2 aromatic carbocycles. The minimum Gasteiger partial charge on any atom is -0.506 e. The highest BCUT2D eigenvalue weighted by Crippen LogP contribution is 2.26. The molecule has 1 heterocycles. The highest BCUT2D eigenvalue weighted by atomic mass is 16.3. The Bertz CT molecular complexity index is 784. The fourth-order valence-corrected chi connectivity index (χ4v) is 2.11. The first kappa shape index (κ1) is 13.8.